The van der Waals surface area contributed by atoms with Gasteiger partial charge in [0, 0.05) is 5.56 Å². The van der Waals surface area contributed by atoms with Gasteiger partial charge in [0.1, 0.15) is 24.9 Å². The van der Waals surface area contributed by atoms with Gasteiger partial charge < -0.3 is 15.0 Å². The van der Waals surface area contributed by atoms with Crippen LogP contribution in [0.1, 0.15) is 27.5 Å². The highest BCUT2D eigenvalue weighted by atomic mass is 16.5. The first-order valence-corrected chi connectivity index (χ1v) is 9.53. The predicted molar refractivity (Wildman–Crippen MR) is 112 cm³/mol. The second kappa shape index (κ2) is 9.72. The SMILES string of the molecule is C[NH+](C)C[C@H](NC(=O)c1ccc(OCc2ccccc2)cc1)c1ccccc1. The largest absolute Gasteiger partial charge is 0.489 e. The van der Waals surface area contributed by atoms with Crippen LogP contribution in [0.3, 0.4) is 0 Å². The smallest absolute Gasteiger partial charge is 0.251 e. The Balaban J connectivity index is 1.62. The van der Waals surface area contributed by atoms with Crippen LogP contribution in [0.4, 0.5) is 0 Å². The summed E-state index contributed by atoms with van der Waals surface area (Å²) in [5.74, 6) is 0.669. The van der Waals surface area contributed by atoms with Crippen LogP contribution >= 0.6 is 0 Å². The van der Waals surface area contributed by atoms with Crippen molar-refractivity contribution in [2.45, 2.75) is 12.6 Å². The zero-order valence-corrected chi connectivity index (χ0v) is 16.4. The summed E-state index contributed by atoms with van der Waals surface area (Å²) in [6.07, 6.45) is 0. The molecule has 3 aromatic rings. The number of hydrogen-bond donors (Lipinski definition) is 2. The number of carbonyl (C=O) groups is 1. The number of carbonyl (C=O) groups excluding carboxylic acids is 1. The molecule has 4 heteroatoms. The number of amides is 1. The molecule has 0 aliphatic rings. The first-order valence-electron chi connectivity index (χ1n) is 9.53. The van der Waals surface area contributed by atoms with Crippen molar-refractivity contribution in [3.05, 3.63) is 102 Å². The van der Waals surface area contributed by atoms with Crippen molar-refractivity contribution in [3.8, 4) is 5.75 Å². The van der Waals surface area contributed by atoms with E-state index in [0.717, 1.165) is 23.4 Å². The molecule has 144 valence electrons. The van der Waals surface area contributed by atoms with Crippen LogP contribution in [0.25, 0.3) is 0 Å². The quantitative estimate of drug-likeness (QED) is 0.636. The average molecular weight is 375 g/mol. The molecule has 3 aromatic carbocycles. The number of quaternary nitrogens is 1. The highest BCUT2D eigenvalue weighted by Crippen LogP contribution is 2.16. The Labute approximate surface area is 166 Å². The lowest BCUT2D eigenvalue weighted by atomic mass is 10.1. The highest BCUT2D eigenvalue weighted by molar-refractivity contribution is 5.94. The molecule has 0 saturated carbocycles. The molecule has 2 N–H and O–H groups in total. The van der Waals surface area contributed by atoms with Crippen LogP contribution in [-0.2, 0) is 6.61 Å². The third kappa shape index (κ3) is 5.69. The standard InChI is InChI=1S/C24H26N2O2/c1-26(2)17-23(20-11-7-4-8-12-20)25-24(27)21-13-15-22(16-14-21)28-18-19-9-5-3-6-10-19/h3-16,23H,17-18H2,1-2H3,(H,25,27)/p+1/t23-/m0/s1. The maximum absolute atomic E-state index is 12.7. The first-order chi connectivity index (χ1) is 13.6. The van der Waals surface area contributed by atoms with Gasteiger partial charge in [-0.25, -0.2) is 0 Å². The molecular weight excluding hydrogens is 348 g/mol. The van der Waals surface area contributed by atoms with Gasteiger partial charge in [-0.2, -0.15) is 0 Å². The van der Waals surface area contributed by atoms with Crippen molar-refractivity contribution in [2.75, 3.05) is 20.6 Å². The molecule has 1 amide bonds. The third-order valence-electron chi connectivity index (χ3n) is 4.48. The van der Waals surface area contributed by atoms with E-state index in [1.807, 2.05) is 60.7 Å². The summed E-state index contributed by atoms with van der Waals surface area (Å²) < 4.78 is 5.79. The number of ether oxygens (including phenoxy) is 1. The molecular formula is C24H27N2O2+. The summed E-state index contributed by atoms with van der Waals surface area (Å²) in [7, 11) is 4.17. The first kappa shape index (κ1) is 19.6. The van der Waals surface area contributed by atoms with E-state index in [4.69, 9.17) is 4.74 Å². The molecule has 0 aromatic heterocycles. The topological polar surface area (TPSA) is 42.8 Å². The van der Waals surface area contributed by atoms with Gasteiger partial charge in [-0.05, 0) is 35.4 Å². The molecule has 28 heavy (non-hydrogen) atoms. The van der Waals surface area contributed by atoms with Crippen LogP contribution in [0.2, 0.25) is 0 Å². The molecule has 4 nitrogen and oxygen atoms in total. The summed E-state index contributed by atoms with van der Waals surface area (Å²) in [5.41, 5.74) is 2.85. The summed E-state index contributed by atoms with van der Waals surface area (Å²) >= 11 is 0. The third-order valence-corrected chi connectivity index (χ3v) is 4.48. The predicted octanol–water partition coefficient (Wildman–Crippen LogP) is 2.88. The van der Waals surface area contributed by atoms with Crippen molar-refractivity contribution in [1.82, 2.24) is 5.32 Å². The van der Waals surface area contributed by atoms with E-state index in [2.05, 4.69) is 31.5 Å². The number of rotatable bonds is 8. The molecule has 0 aliphatic carbocycles. The maximum Gasteiger partial charge on any atom is 0.251 e. The lowest BCUT2D eigenvalue weighted by Crippen LogP contribution is -3.06. The van der Waals surface area contributed by atoms with Crippen molar-refractivity contribution in [3.63, 3.8) is 0 Å². The number of benzene rings is 3. The van der Waals surface area contributed by atoms with Crippen molar-refractivity contribution >= 4 is 5.91 Å². The van der Waals surface area contributed by atoms with Gasteiger partial charge >= 0.3 is 0 Å². The Morgan fingerprint density at radius 2 is 1.50 bits per heavy atom. The van der Waals surface area contributed by atoms with Gasteiger partial charge in [0.2, 0.25) is 0 Å². The van der Waals surface area contributed by atoms with Crippen LogP contribution in [0.5, 0.6) is 5.75 Å². The zero-order chi connectivity index (χ0) is 19.8. The Hall–Kier alpha value is -3.11. The monoisotopic (exact) mass is 375 g/mol. The van der Waals surface area contributed by atoms with E-state index in [-0.39, 0.29) is 11.9 Å². The van der Waals surface area contributed by atoms with E-state index in [1.165, 1.54) is 4.90 Å². The van der Waals surface area contributed by atoms with Gasteiger partial charge in [-0.15, -0.1) is 0 Å². The maximum atomic E-state index is 12.7. The van der Waals surface area contributed by atoms with Crippen molar-refractivity contribution in [1.29, 1.82) is 0 Å². The molecule has 0 saturated heterocycles. The molecule has 1 atom stereocenters. The number of likely N-dealkylation sites (N-methyl/N-ethyl adjacent to an activating group) is 1. The molecule has 3 rings (SSSR count). The molecule has 0 heterocycles. The summed E-state index contributed by atoms with van der Waals surface area (Å²) in [5, 5.41) is 3.16. The lowest BCUT2D eigenvalue weighted by Gasteiger charge is -2.21. The molecule has 0 aliphatic heterocycles. The van der Waals surface area contributed by atoms with Crippen LogP contribution in [0.15, 0.2) is 84.9 Å². The fourth-order valence-corrected chi connectivity index (χ4v) is 3.03. The van der Waals surface area contributed by atoms with Gasteiger partial charge in [-0.1, -0.05) is 60.7 Å². The molecule has 0 bridgehead atoms. The molecule has 0 spiro atoms. The zero-order valence-electron chi connectivity index (χ0n) is 16.4. The lowest BCUT2D eigenvalue weighted by molar-refractivity contribution is -0.860. The van der Waals surface area contributed by atoms with E-state index in [1.54, 1.807) is 12.1 Å². The van der Waals surface area contributed by atoms with E-state index in [9.17, 15) is 4.79 Å². The normalized spacial score (nSPS) is 11.8. The fraction of sp³-hybridized carbons (Fsp3) is 0.208. The van der Waals surface area contributed by atoms with E-state index < -0.39 is 0 Å². The van der Waals surface area contributed by atoms with Crippen LogP contribution in [0, 0.1) is 0 Å². The number of hydrogen-bond acceptors (Lipinski definition) is 2. The second-order valence-electron chi connectivity index (χ2n) is 7.15. The minimum Gasteiger partial charge on any atom is -0.489 e. The van der Waals surface area contributed by atoms with Crippen molar-refractivity contribution in [2.24, 2.45) is 0 Å². The Morgan fingerprint density at radius 1 is 0.893 bits per heavy atom. The van der Waals surface area contributed by atoms with Gasteiger partial charge in [-0.3, -0.25) is 4.79 Å². The Kier molecular flexibility index (Phi) is 6.82. The average Bonchev–Trinajstić information content (AvgIpc) is 2.73. The molecule has 0 radical (unpaired) electrons. The van der Waals surface area contributed by atoms with Crippen LogP contribution in [-0.4, -0.2) is 26.5 Å². The fourth-order valence-electron chi connectivity index (χ4n) is 3.03. The van der Waals surface area contributed by atoms with E-state index >= 15 is 0 Å². The minimum absolute atomic E-state index is 0.0345. The van der Waals surface area contributed by atoms with Gasteiger partial charge in [0.05, 0.1) is 14.1 Å². The van der Waals surface area contributed by atoms with Crippen LogP contribution < -0.4 is 15.0 Å². The van der Waals surface area contributed by atoms with Gasteiger partial charge in [0.25, 0.3) is 5.91 Å². The van der Waals surface area contributed by atoms with Crippen molar-refractivity contribution < 1.29 is 14.4 Å². The summed E-state index contributed by atoms with van der Waals surface area (Å²) in [4.78, 5) is 14.0. The Morgan fingerprint density at radius 3 is 2.11 bits per heavy atom. The minimum atomic E-state index is -0.0790. The summed E-state index contributed by atoms with van der Waals surface area (Å²) in [6, 6.07) is 27.4. The molecule has 0 unspecified atom stereocenters. The summed E-state index contributed by atoms with van der Waals surface area (Å²) in [6.45, 7) is 1.32. The Bertz CT molecular complexity index is 862. The second-order valence-corrected chi connectivity index (χ2v) is 7.15. The van der Waals surface area contributed by atoms with Gasteiger partial charge in [0.15, 0.2) is 0 Å². The van der Waals surface area contributed by atoms with E-state index in [0.29, 0.717) is 12.2 Å². The molecule has 0 fully saturated rings. The number of nitrogens with one attached hydrogen (secondary N) is 2. The highest BCUT2D eigenvalue weighted by Gasteiger charge is 2.18.